The van der Waals surface area contributed by atoms with E-state index in [1.165, 1.54) is 6.33 Å². The van der Waals surface area contributed by atoms with Gasteiger partial charge >= 0.3 is 5.97 Å². The van der Waals surface area contributed by atoms with Crippen molar-refractivity contribution in [2.45, 2.75) is 25.7 Å². The molecule has 70 valence electrons. The molecule has 13 heavy (non-hydrogen) atoms. The molecule has 0 aliphatic carbocycles. The van der Waals surface area contributed by atoms with Gasteiger partial charge in [0.15, 0.2) is 0 Å². The van der Waals surface area contributed by atoms with Gasteiger partial charge in [0.1, 0.15) is 6.33 Å². The van der Waals surface area contributed by atoms with E-state index in [0.29, 0.717) is 0 Å². The molecule has 1 unspecified atom stereocenters. The van der Waals surface area contributed by atoms with E-state index in [-0.39, 0.29) is 12.3 Å². The maximum atomic E-state index is 10.5. The zero-order valence-electron chi connectivity index (χ0n) is 7.47. The predicted molar refractivity (Wildman–Crippen MR) is 47.3 cm³/mol. The highest BCUT2D eigenvalue weighted by molar-refractivity contribution is 5.67. The molecule has 1 rings (SSSR count). The molecule has 1 atom stereocenters. The van der Waals surface area contributed by atoms with Gasteiger partial charge in [-0.25, -0.2) is 9.97 Å². The van der Waals surface area contributed by atoms with Gasteiger partial charge < -0.3 is 5.11 Å². The van der Waals surface area contributed by atoms with Crippen molar-refractivity contribution in [1.82, 2.24) is 9.97 Å². The second kappa shape index (κ2) is 4.54. The van der Waals surface area contributed by atoms with Crippen molar-refractivity contribution >= 4 is 5.97 Å². The van der Waals surface area contributed by atoms with Crippen LogP contribution in [-0.2, 0) is 4.79 Å². The first-order valence-electron chi connectivity index (χ1n) is 4.20. The maximum absolute atomic E-state index is 10.5. The third-order valence-electron chi connectivity index (χ3n) is 1.97. The molecule has 0 spiro atoms. The number of carboxylic acids is 1. The fraction of sp³-hybridized carbons (Fsp3) is 0.444. The van der Waals surface area contributed by atoms with Crippen molar-refractivity contribution in [2.75, 3.05) is 0 Å². The Morgan fingerprint density at radius 3 is 2.62 bits per heavy atom. The molecule has 0 saturated heterocycles. The van der Waals surface area contributed by atoms with Crippen LogP contribution in [0.4, 0.5) is 0 Å². The summed E-state index contributed by atoms with van der Waals surface area (Å²) in [7, 11) is 0. The minimum absolute atomic E-state index is 0.0266. The Kier molecular flexibility index (Phi) is 3.37. The lowest BCUT2D eigenvalue weighted by Gasteiger charge is -2.10. The second-order valence-corrected chi connectivity index (χ2v) is 2.87. The highest BCUT2D eigenvalue weighted by Gasteiger charge is 2.13. The molecule has 1 aromatic heterocycles. The van der Waals surface area contributed by atoms with Gasteiger partial charge in [0.05, 0.1) is 6.42 Å². The van der Waals surface area contributed by atoms with Crippen LogP contribution in [0.1, 0.15) is 31.2 Å². The van der Waals surface area contributed by atoms with Gasteiger partial charge in [-0.2, -0.15) is 0 Å². The third-order valence-corrected chi connectivity index (χ3v) is 1.97. The van der Waals surface area contributed by atoms with Crippen LogP contribution in [0.15, 0.2) is 18.7 Å². The number of nitrogens with zero attached hydrogens (tertiary/aromatic N) is 2. The average molecular weight is 180 g/mol. The van der Waals surface area contributed by atoms with Crippen molar-refractivity contribution in [2.24, 2.45) is 0 Å². The van der Waals surface area contributed by atoms with Gasteiger partial charge in [0.2, 0.25) is 0 Å². The molecule has 0 aromatic carbocycles. The Morgan fingerprint density at radius 2 is 2.15 bits per heavy atom. The Labute approximate surface area is 76.7 Å². The lowest BCUT2D eigenvalue weighted by molar-refractivity contribution is -0.137. The van der Waals surface area contributed by atoms with E-state index in [9.17, 15) is 4.79 Å². The van der Waals surface area contributed by atoms with Crippen molar-refractivity contribution in [3.05, 3.63) is 24.3 Å². The monoisotopic (exact) mass is 180 g/mol. The number of aliphatic carboxylic acids is 1. The number of hydrogen-bond acceptors (Lipinski definition) is 3. The van der Waals surface area contributed by atoms with Crippen LogP contribution in [0.2, 0.25) is 0 Å². The smallest absolute Gasteiger partial charge is 0.303 e. The van der Waals surface area contributed by atoms with Gasteiger partial charge in [-0.1, -0.05) is 6.92 Å². The lowest BCUT2D eigenvalue weighted by atomic mass is 9.96. The first-order valence-corrected chi connectivity index (χ1v) is 4.20. The lowest BCUT2D eigenvalue weighted by Crippen LogP contribution is -2.05. The minimum Gasteiger partial charge on any atom is -0.481 e. The van der Waals surface area contributed by atoms with Gasteiger partial charge in [-0.3, -0.25) is 4.79 Å². The summed E-state index contributed by atoms with van der Waals surface area (Å²) in [6.45, 7) is 1.96. The fourth-order valence-electron chi connectivity index (χ4n) is 1.23. The number of carbonyl (C=O) groups is 1. The Balaban J connectivity index is 2.73. The molecule has 0 radical (unpaired) electrons. The molecule has 0 aliphatic rings. The SMILES string of the molecule is CCC(CC(=O)O)c1cncnc1. The van der Waals surface area contributed by atoms with Crippen LogP contribution < -0.4 is 0 Å². The van der Waals surface area contributed by atoms with E-state index in [1.54, 1.807) is 12.4 Å². The summed E-state index contributed by atoms with van der Waals surface area (Å²) in [5.41, 5.74) is 0.896. The topological polar surface area (TPSA) is 63.1 Å². The van der Waals surface area contributed by atoms with Gasteiger partial charge in [0, 0.05) is 12.4 Å². The van der Waals surface area contributed by atoms with E-state index < -0.39 is 5.97 Å². The largest absolute Gasteiger partial charge is 0.481 e. The molecule has 1 aromatic rings. The van der Waals surface area contributed by atoms with Crippen molar-refractivity contribution in [1.29, 1.82) is 0 Å². The standard InChI is InChI=1S/C9H12N2O2/c1-2-7(3-9(12)13)8-4-10-6-11-5-8/h4-7H,2-3H2,1H3,(H,12,13). The molecule has 0 aliphatic heterocycles. The summed E-state index contributed by atoms with van der Waals surface area (Å²) in [4.78, 5) is 18.2. The Bertz CT molecular complexity index is 274. The third kappa shape index (κ3) is 2.82. The van der Waals surface area contributed by atoms with E-state index in [1.807, 2.05) is 6.92 Å². The van der Waals surface area contributed by atoms with Crippen molar-refractivity contribution < 1.29 is 9.90 Å². The molecule has 0 fully saturated rings. The zero-order chi connectivity index (χ0) is 9.68. The number of carboxylic acid groups (broad SMARTS) is 1. The molecule has 4 heteroatoms. The molecular weight excluding hydrogens is 168 g/mol. The van der Waals surface area contributed by atoms with Crippen LogP contribution >= 0.6 is 0 Å². The Morgan fingerprint density at radius 1 is 1.54 bits per heavy atom. The number of aromatic nitrogens is 2. The molecular formula is C9H12N2O2. The quantitative estimate of drug-likeness (QED) is 0.761. The normalized spacial score (nSPS) is 12.4. The van der Waals surface area contributed by atoms with E-state index >= 15 is 0 Å². The molecule has 1 N–H and O–H groups in total. The highest BCUT2D eigenvalue weighted by Crippen LogP contribution is 2.21. The summed E-state index contributed by atoms with van der Waals surface area (Å²) in [5.74, 6) is -0.755. The van der Waals surface area contributed by atoms with Gasteiger partial charge in [-0.05, 0) is 17.9 Å². The summed E-state index contributed by atoms with van der Waals surface area (Å²) in [5, 5.41) is 8.64. The second-order valence-electron chi connectivity index (χ2n) is 2.87. The van der Waals surface area contributed by atoms with Crippen molar-refractivity contribution in [3.63, 3.8) is 0 Å². The maximum Gasteiger partial charge on any atom is 0.303 e. The van der Waals surface area contributed by atoms with Gasteiger partial charge in [0.25, 0.3) is 0 Å². The number of hydrogen-bond donors (Lipinski definition) is 1. The minimum atomic E-state index is -0.782. The molecule has 0 bridgehead atoms. The molecule has 4 nitrogen and oxygen atoms in total. The first kappa shape index (κ1) is 9.64. The predicted octanol–water partition coefficient (Wildman–Crippen LogP) is 1.44. The molecule has 0 amide bonds. The summed E-state index contributed by atoms with van der Waals surface area (Å²) in [6.07, 6.45) is 5.72. The van der Waals surface area contributed by atoms with E-state index in [4.69, 9.17) is 5.11 Å². The Hall–Kier alpha value is -1.45. The zero-order valence-corrected chi connectivity index (χ0v) is 7.47. The van der Waals surface area contributed by atoms with Crippen LogP contribution in [0.5, 0.6) is 0 Å². The van der Waals surface area contributed by atoms with E-state index in [0.717, 1.165) is 12.0 Å². The van der Waals surface area contributed by atoms with Crippen LogP contribution in [0.25, 0.3) is 0 Å². The summed E-state index contributed by atoms with van der Waals surface area (Å²) < 4.78 is 0. The van der Waals surface area contributed by atoms with E-state index in [2.05, 4.69) is 9.97 Å². The number of rotatable bonds is 4. The molecule has 1 heterocycles. The molecule has 0 saturated carbocycles. The fourth-order valence-corrected chi connectivity index (χ4v) is 1.23. The summed E-state index contributed by atoms with van der Waals surface area (Å²) >= 11 is 0. The van der Waals surface area contributed by atoms with Gasteiger partial charge in [-0.15, -0.1) is 0 Å². The summed E-state index contributed by atoms with van der Waals surface area (Å²) in [6, 6.07) is 0. The van der Waals surface area contributed by atoms with Crippen LogP contribution in [-0.4, -0.2) is 21.0 Å². The first-order chi connectivity index (χ1) is 6.24. The van der Waals surface area contributed by atoms with Crippen LogP contribution in [0.3, 0.4) is 0 Å². The highest BCUT2D eigenvalue weighted by atomic mass is 16.4. The van der Waals surface area contributed by atoms with Crippen molar-refractivity contribution in [3.8, 4) is 0 Å². The van der Waals surface area contributed by atoms with Crippen LogP contribution in [0, 0.1) is 0 Å². The average Bonchev–Trinajstić information content (AvgIpc) is 2.15.